The number of carbonyl (C=O) groups is 2. The fraction of sp³-hybridized carbons (Fsp3) is 0.435. The molecule has 8 nitrogen and oxygen atoms in total. The van der Waals surface area contributed by atoms with Gasteiger partial charge >= 0.3 is 0 Å². The number of hydrogen-bond acceptors (Lipinski definition) is 5. The third-order valence-electron chi connectivity index (χ3n) is 5.97. The molecule has 2 aromatic rings. The van der Waals surface area contributed by atoms with E-state index in [0.29, 0.717) is 22.5 Å². The lowest BCUT2D eigenvalue weighted by Gasteiger charge is -2.25. The van der Waals surface area contributed by atoms with Crippen molar-refractivity contribution in [1.29, 1.82) is 0 Å². The highest BCUT2D eigenvalue weighted by molar-refractivity contribution is 6.30. The molecular formula is C23H24ClN5O3. The summed E-state index contributed by atoms with van der Waals surface area (Å²) in [5.41, 5.74) is 0.544. The summed E-state index contributed by atoms with van der Waals surface area (Å²) < 4.78 is 7.38. The molecule has 2 aliphatic carbocycles. The van der Waals surface area contributed by atoms with Crippen molar-refractivity contribution in [2.24, 2.45) is 15.9 Å². The van der Waals surface area contributed by atoms with Gasteiger partial charge in [0.05, 0.1) is 11.6 Å². The van der Waals surface area contributed by atoms with Gasteiger partial charge in [0.1, 0.15) is 11.6 Å². The molecule has 0 saturated heterocycles. The van der Waals surface area contributed by atoms with Crippen LogP contribution in [0.4, 0.5) is 5.82 Å². The molecule has 1 unspecified atom stereocenters. The first-order valence-electron chi connectivity index (χ1n) is 10.9. The predicted octanol–water partition coefficient (Wildman–Crippen LogP) is 4.20. The molecule has 1 aliphatic heterocycles. The van der Waals surface area contributed by atoms with Gasteiger partial charge in [0.25, 0.3) is 17.8 Å². The Kier molecular flexibility index (Phi) is 5.12. The van der Waals surface area contributed by atoms with Gasteiger partial charge in [-0.15, -0.1) is 0 Å². The highest BCUT2D eigenvalue weighted by atomic mass is 35.5. The summed E-state index contributed by atoms with van der Waals surface area (Å²) in [6.45, 7) is 3.37. The molecule has 2 amide bonds. The lowest BCUT2D eigenvalue weighted by atomic mass is 10.1. The van der Waals surface area contributed by atoms with Crippen molar-refractivity contribution in [3.05, 3.63) is 41.0 Å². The van der Waals surface area contributed by atoms with Crippen LogP contribution in [0.15, 0.2) is 40.3 Å². The number of aliphatic imine (C=N–C) groups is 2. The number of nitrogens with zero attached hydrogens (tertiary/aromatic N) is 4. The second kappa shape index (κ2) is 7.85. The van der Waals surface area contributed by atoms with Gasteiger partial charge in [-0.2, -0.15) is 14.8 Å². The quantitative estimate of drug-likeness (QED) is 0.733. The highest BCUT2D eigenvalue weighted by Crippen LogP contribution is 2.40. The standard InChI is InChI=1S/C23H24ClN5O3/c1-23(2,32-15-10-8-14(24)9-11-15)21(31)26-19-12-18(13-6-7-13)28-29(19)22-25-17-5-3-4-16(17)20(30)27-22/h8-13,16H,3-7H2,1-2H3,(H,26,31). The smallest absolute Gasteiger partial charge is 0.269 e. The number of halogens is 1. The number of aromatic nitrogens is 2. The Morgan fingerprint density at radius 1 is 1.19 bits per heavy atom. The van der Waals surface area contributed by atoms with Crippen LogP contribution in [0.2, 0.25) is 5.02 Å². The van der Waals surface area contributed by atoms with Crippen molar-refractivity contribution >= 4 is 40.9 Å². The molecule has 5 rings (SSSR count). The first-order valence-corrected chi connectivity index (χ1v) is 11.2. The van der Waals surface area contributed by atoms with E-state index in [-0.39, 0.29) is 23.7 Å². The topological polar surface area (TPSA) is 97.9 Å². The molecule has 2 saturated carbocycles. The van der Waals surface area contributed by atoms with E-state index in [2.05, 4.69) is 20.4 Å². The molecule has 166 valence electrons. The number of rotatable bonds is 5. The van der Waals surface area contributed by atoms with Crippen LogP contribution in [0.25, 0.3) is 0 Å². The number of ether oxygens (including phenoxy) is 1. The zero-order valence-corrected chi connectivity index (χ0v) is 18.7. The van der Waals surface area contributed by atoms with Crippen molar-refractivity contribution < 1.29 is 14.3 Å². The Hall–Kier alpha value is -3.00. The maximum atomic E-state index is 13.1. The van der Waals surface area contributed by atoms with Crippen molar-refractivity contribution in [3.8, 4) is 5.75 Å². The Labute approximate surface area is 190 Å². The Morgan fingerprint density at radius 3 is 2.66 bits per heavy atom. The predicted molar refractivity (Wildman–Crippen MR) is 122 cm³/mol. The van der Waals surface area contributed by atoms with Gasteiger partial charge in [-0.3, -0.25) is 9.59 Å². The fourth-order valence-electron chi connectivity index (χ4n) is 3.98. The Balaban J connectivity index is 1.41. The van der Waals surface area contributed by atoms with Crippen molar-refractivity contribution in [1.82, 2.24) is 9.78 Å². The monoisotopic (exact) mass is 453 g/mol. The highest BCUT2D eigenvalue weighted by Gasteiger charge is 2.36. The first-order chi connectivity index (χ1) is 15.3. The summed E-state index contributed by atoms with van der Waals surface area (Å²) in [6, 6.07) is 8.67. The average molecular weight is 454 g/mol. The van der Waals surface area contributed by atoms with E-state index >= 15 is 0 Å². The number of amides is 2. The lowest BCUT2D eigenvalue weighted by Crippen LogP contribution is -2.43. The number of carbonyl (C=O) groups excluding carboxylic acids is 2. The second-order valence-electron chi connectivity index (χ2n) is 8.96. The minimum absolute atomic E-state index is 0.186. The number of anilines is 1. The van der Waals surface area contributed by atoms with Crippen LogP contribution in [0.3, 0.4) is 0 Å². The molecule has 0 bridgehead atoms. The maximum Gasteiger partial charge on any atom is 0.269 e. The summed E-state index contributed by atoms with van der Waals surface area (Å²) in [5.74, 6) is 0.778. The van der Waals surface area contributed by atoms with Crippen molar-refractivity contribution in [2.75, 3.05) is 5.32 Å². The number of fused-ring (bicyclic) bond motifs is 1. The summed E-state index contributed by atoms with van der Waals surface area (Å²) in [5, 5.41) is 8.12. The molecule has 2 heterocycles. The molecule has 1 aromatic carbocycles. The van der Waals surface area contributed by atoms with Gasteiger partial charge in [0.15, 0.2) is 5.60 Å². The van der Waals surface area contributed by atoms with Crippen LogP contribution in [-0.4, -0.2) is 38.9 Å². The Bertz CT molecular complexity index is 1140. The van der Waals surface area contributed by atoms with Crippen LogP contribution in [0, 0.1) is 5.92 Å². The van der Waals surface area contributed by atoms with Gasteiger partial charge < -0.3 is 10.1 Å². The number of benzene rings is 1. The average Bonchev–Trinajstić information content (AvgIpc) is 3.33. The van der Waals surface area contributed by atoms with Crippen LogP contribution >= 0.6 is 11.6 Å². The lowest BCUT2D eigenvalue weighted by molar-refractivity contribution is -0.128. The van der Waals surface area contributed by atoms with Gasteiger partial charge in [-0.1, -0.05) is 11.6 Å². The number of hydrogen-bond donors (Lipinski definition) is 1. The zero-order chi connectivity index (χ0) is 22.5. The van der Waals surface area contributed by atoms with E-state index in [4.69, 9.17) is 16.3 Å². The minimum atomic E-state index is -1.17. The molecule has 1 aromatic heterocycles. The van der Waals surface area contributed by atoms with Gasteiger partial charge in [0, 0.05) is 22.7 Å². The summed E-state index contributed by atoms with van der Waals surface area (Å²) in [4.78, 5) is 34.4. The van der Waals surface area contributed by atoms with Crippen molar-refractivity contribution in [3.63, 3.8) is 0 Å². The first kappa shape index (κ1) is 20.9. The Morgan fingerprint density at radius 2 is 1.94 bits per heavy atom. The second-order valence-corrected chi connectivity index (χ2v) is 9.40. The molecule has 0 spiro atoms. The van der Waals surface area contributed by atoms with Crippen LogP contribution in [-0.2, 0) is 9.59 Å². The van der Waals surface area contributed by atoms with E-state index in [1.54, 1.807) is 38.1 Å². The van der Waals surface area contributed by atoms with E-state index < -0.39 is 5.60 Å². The van der Waals surface area contributed by atoms with Crippen LogP contribution < -0.4 is 10.1 Å². The van der Waals surface area contributed by atoms with Gasteiger partial charge in [-0.25, -0.2) is 4.99 Å². The molecular weight excluding hydrogens is 430 g/mol. The molecule has 3 aliphatic rings. The minimum Gasteiger partial charge on any atom is -0.478 e. The molecule has 0 radical (unpaired) electrons. The number of nitrogens with one attached hydrogen (secondary N) is 1. The van der Waals surface area contributed by atoms with Crippen LogP contribution in [0.1, 0.15) is 57.6 Å². The largest absolute Gasteiger partial charge is 0.478 e. The molecule has 1 atom stereocenters. The summed E-state index contributed by atoms with van der Waals surface area (Å²) in [6.07, 6.45) is 4.62. The maximum absolute atomic E-state index is 13.1. The van der Waals surface area contributed by atoms with Gasteiger partial charge in [0.2, 0.25) is 0 Å². The third-order valence-corrected chi connectivity index (χ3v) is 6.22. The zero-order valence-electron chi connectivity index (χ0n) is 18.0. The summed E-state index contributed by atoms with van der Waals surface area (Å²) in [7, 11) is 0. The summed E-state index contributed by atoms with van der Waals surface area (Å²) >= 11 is 5.93. The van der Waals surface area contributed by atoms with E-state index in [9.17, 15) is 9.59 Å². The third kappa shape index (κ3) is 4.07. The van der Waals surface area contributed by atoms with E-state index in [1.807, 2.05) is 6.07 Å². The molecule has 9 heteroatoms. The molecule has 1 N–H and O–H groups in total. The molecule has 2 fully saturated rings. The van der Waals surface area contributed by atoms with Crippen LogP contribution in [0.5, 0.6) is 5.75 Å². The van der Waals surface area contributed by atoms with E-state index in [1.165, 1.54) is 4.68 Å². The fourth-order valence-corrected chi connectivity index (χ4v) is 4.11. The molecule has 32 heavy (non-hydrogen) atoms. The van der Waals surface area contributed by atoms with E-state index in [0.717, 1.165) is 43.5 Å². The normalized spacial score (nSPS) is 20.5. The SMILES string of the molecule is CC(C)(Oc1ccc(Cl)cc1)C(=O)Nc1cc(C2CC2)nn1C1=NC(=O)C2CCCC2=N1. The van der Waals surface area contributed by atoms with Crippen molar-refractivity contribution in [2.45, 2.75) is 57.5 Å². The van der Waals surface area contributed by atoms with Gasteiger partial charge in [-0.05, 0) is 70.2 Å².